The van der Waals surface area contributed by atoms with Crippen LogP contribution >= 0.6 is 0 Å². The fourth-order valence-corrected chi connectivity index (χ4v) is 5.09. The molecule has 42 heavy (non-hydrogen) atoms. The van der Waals surface area contributed by atoms with Crippen LogP contribution in [0.25, 0.3) is 0 Å². The first kappa shape index (κ1) is 34.7. The maximum atomic E-state index is 12.9. The zero-order chi connectivity index (χ0) is 31.8. The number of rotatable bonds is 13. The van der Waals surface area contributed by atoms with Crippen LogP contribution in [0.4, 0.5) is 4.79 Å². The van der Waals surface area contributed by atoms with Gasteiger partial charge in [0.15, 0.2) is 0 Å². The van der Waals surface area contributed by atoms with Crippen molar-refractivity contribution in [2.75, 3.05) is 20.1 Å². The quantitative estimate of drug-likeness (QED) is 0.134. The molecule has 0 bridgehead atoms. The van der Waals surface area contributed by atoms with Gasteiger partial charge in [0.1, 0.15) is 17.4 Å². The summed E-state index contributed by atoms with van der Waals surface area (Å²) in [6, 6.07) is 4.08. The van der Waals surface area contributed by atoms with E-state index in [1.807, 2.05) is 40.8 Å². The highest BCUT2D eigenvalue weighted by molar-refractivity contribution is 6.03. The molecule has 1 atom stereocenters. The molecule has 0 N–H and O–H groups in total. The van der Waals surface area contributed by atoms with Crippen LogP contribution in [0.5, 0.6) is 0 Å². The normalized spacial score (nSPS) is 15.6. The van der Waals surface area contributed by atoms with E-state index >= 15 is 0 Å². The number of carbonyl (C=O) groups is 1. The molecule has 0 spiro atoms. The van der Waals surface area contributed by atoms with Crippen molar-refractivity contribution in [3.05, 3.63) is 76.2 Å². The number of allylic oxidation sites excluding steroid dienone is 5. The van der Waals surface area contributed by atoms with E-state index in [-0.39, 0.29) is 12.0 Å². The molecule has 0 radical (unpaired) electrons. The van der Waals surface area contributed by atoms with Crippen LogP contribution in [0.2, 0.25) is 0 Å². The average Bonchev–Trinajstić information content (AvgIpc) is 3.74. The minimum Gasteiger partial charge on any atom is -0.444 e. The van der Waals surface area contributed by atoms with Gasteiger partial charge in [0.2, 0.25) is 0 Å². The molecular weight excluding hydrogens is 520 g/mol. The Morgan fingerprint density at radius 3 is 2.40 bits per heavy atom. The molecule has 1 heterocycles. The van der Waals surface area contributed by atoms with Crippen molar-refractivity contribution in [1.29, 1.82) is 5.26 Å². The van der Waals surface area contributed by atoms with Crippen LogP contribution in [0, 0.1) is 30.1 Å². The maximum Gasteiger partial charge on any atom is 0.410 e. The molecule has 0 aromatic carbocycles. The minimum atomic E-state index is -0.543. The molecule has 1 aliphatic rings. The molecule has 228 valence electrons. The van der Waals surface area contributed by atoms with Gasteiger partial charge in [-0.2, -0.15) is 5.26 Å². The molecule has 1 aromatic heterocycles. The summed E-state index contributed by atoms with van der Waals surface area (Å²) in [5.74, 6) is 0.893. The Hall–Kier alpha value is -3.46. The van der Waals surface area contributed by atoms with Gasteiger partial charge in [0, 0.05) is 37.6 Å². The summed E-state index contributed by atoms with van der Waals surface area (Å²) in [4.78, 5) is 23.6. The van der Waals surface area contributed by atoms with Crippen LogP contribution in [0.1, 0.15) is 104 Å². The van der Waals surface area contributed by atoms with Gasteiger partial charge in [0.05, 0.1) is 0 Å². The Balaban J connectivity index is 2.46. The Labute approximate surface area is 255 Å². The Morgan fingerprint density at radius 1 is 1.26 bits per heavy atom. The van der Waals surface area contributed by atoms with Crippen molar-refractivity contribution in [2.45, 2.75) is 99.5 Å². The van der Waals surface area contributed by atoms with Gasteiger partial charge >= 0.3 is 6.09 Å². The molecule has 1 fully saturated rings. The third kappa shape index (κ3) is 10.4. The van der Waals surface area contributed by atoms with Gasteiger partial charge < -0.3 is 9.64 Å². The molecule has 0 aliphatic heterocycles. The monoisotopic (exact) mass is 572 g/mol. The Bertz CT molecular complexity index is 1300. The molecule has 6 heteroatoms. The Morgan fingerprint density at radius 2 is 1.90 bits per heavy atom. The minimum absolute atomic E-state index is 0.100. The highest BCUT2D eigenvalue weighted by Gasteiger charge is 2.31. The second kappa shape index (κ2) is 15.1. The number of aliphatic imine (C=N–C) groups is 1. The van der Waals surface area contributed by atoms with Gasteiger partial charge in [-0.15, -0.1) is 0 Å². The van der Waals surface area contributed by atoms with E-state index in [9.17, 15) is 10.1 Å². The van der Waals surface area contributed by atoms with E-state index < -0.39 is 5.60 Å². The molecule has 2 rings (SSSR count). The second-order valence-corrected chi connectivity index (χ2v) is 13.2. The highest BCUT2D eigenvalue weighted by Crippen LogP contribution is 2.44. The molecule has 1 amide bonds. The summed E-state index contributed by atoms with van der Waals surface area (Å²) < 4.78 is 5.69. The smallest absolute Gasteiger partial charge is 0.410 e. The molecule has 0 saturated heterocycles. The number of aryl methyl sites for hydroxylation is 1. The number of carbonyl (C=O) groups excluding carboxylic acids is 1. The van der Waals surface area contributed by atoms with Crippen molar-refractivity contribution in [2.24, 2.45) is 16.8 Å². The molecule has 6 nitrogen and oxygen atoms in total. The van der Waals surface area contributed by atoms with E-state index in [1.54, 1.807) is 11.1 Å². The van der Waals surface area contributed by atoms with E-state index in [2.05, 4.69) is 69.9 Å². The number of amides is 1. The number of aromatic nitrogens is 1. The number of nitriles is 1. The van der Waals surface area contributed by atoms with E-state index in [4.69, 9.17) is 4.74 Å². The molecule has 1 aromatic rings. The zero-order valence-corrected chi connectivity index (χ0v) is 27.7. The molecule has 1 aliphatic carbocycles. The summed E-state index contributed by atoms with van der Waals surface area (Å²) in [7, 11) is 1.84. The van der Waals surface area contributed by atoms with Gasteiger partial charge in [-0.3, -0.25) is 4.99 Å². The first-order valence-electron chi connectivity index (χ1n) is 15.1. The van der Waals surface area contributed by atoms with Gasteiger partial charge in [0.25, 0.3) is 0 Å². The lowest BCUT2D eigenvalue weighted by Crippen LogP contribution is -2.39. The van der Waals surface area contributed by atoms with Crippen LogP contribution in [0.3, 0.4) is 0 Å². The van der Waals surface area contributed by atoms with Gasteiger partial charge in [-0.1, -0.05) is 51.2 Å². The first-order chi connectivity index (χ1) is 19.6. The standard InChI is InChI=1S/C36H52N4O2/c1-23(2)22-40(35(41)42-36(9,10)11)16-15-25(5)17-31(24(3)4)34(28(8)38-12)33(29-13-14-29)18-26(6)32-19-30(20-37)39-21-27(32)7/h18-19,21,23,26,29H,3,5,13-17,22H2,1-2,4,6-12H3/b33-18-,34-31+,38-28-. The lowest BCUT2D eigenvalue weighted by atomic mass is 9.84. The van der Waals surface area contributed by atoms with Gasteiger partial charge in [-0.25, -0.2) is 9.78 Å². The van der Waals surface area contributed by atoms with E-state index in [0.29, 0.717) is 43.5 Å². The third-order valence-corrected chi connectivity index (χ3v) is 7.40. The second-order valence-electron chi connectivity index (χ2n) is 13.2. The van der Waals surface area contributed by atoms with Crippen LogP contribution in [-0.2, 0) is 4.74 Å². The van der Waals surface area contributed by atoms with Crippen LogP contribution in [0.15, 0.2) is 64.4 Å². The first-order valence-corrected chi connectivity index (χ1v) is 15.1. The lowest BCUT2D eigenvalue weighted by molar-refractivity contribution is 0.0230. The fraction of sp³-hybridized carbons (Fsp3) is 0.556. The average molecular weight is 573 g/mol. The third-order valence-electron chi connectivity index (χ3n) is 7.40. The lowest BCUT2D eigenvalue weighted by Gasteiger charge is -2.29. The number of hydrogen-bond acceptors (Lipinski definition) is 5. The maximum absolute atomic E-state index is 12.9. The van der Waals surface area contributed by atoms with Crippen LogP contribution in [-0.4, -0.2) is 47.4 Å². The van der Waals surface area contributed by atoms with Crippen molar-refractivity contribution in [3.8, 4) is 6.07 Å². The Kier molecular flexibility index (Phi) is 12.5. The largest absolute Gasteiger partial charge is 0.444 e. The van der Waals surface area contributed by atoms with Crippen molar-refractivity contribution in [3.63, 3.8) is 0 Å². The number of hydrogen-bond donors (Lipinski definition) is 0. The SMILES string of the molecule is C=C(CCN(CC(C)C)C(=O)OC(C)(C)C)C/C(C(=C)C)=C(C(=C/C(C)c1cc(C#N)ncc1C)\C1CC1)/C(C)=N\C. The van der Waals surface area contributed by atoms with Crippen molar-refractivity contribution < 1.29 is 9.53 Å². The fourth-order valence-electron chi connectivity index (χ4n) is 5.09. The summed E-state index contributed by atoms with van der Waals surface area (Å²) in [6.07, 6.45) is 7.46. The summed E-state index contributed by atoms with van der Waals surface area (Å²) in [6.45, 7) is 28.2. The van der Waals surface area contributed by atoms with E-state index in [0.717, 1.165) is 52.0 Å². The summed E-state index contributed by atoms with van der Waals surface area (Å²) in [5.41, 5.74) is 8.67. The molecule has 1 saturated carbocycles. The number of nitrogens with zero attached hydrogens (tertiary/aromatic N) is 4. The van der Waals surface area contributed by atoms with Gasteiger partial charge in [-0.05, 0) is 113 Å². The molecule has 1 unspecified atom stereocenters. The predicted octanol–water partition coefficient (Wildman–Crippen LogP) is 8.89. The predicted molar refractivity (Wildman–Crippen MR) is 175 cm³/mol. The van der Waals surface area contributed by atoms with Crippen molar-refractivity contribution >= 4 is 11.8 Å². The van der Waals surface area contributed by atoms with Crippen molar-refractivity contribution in [1.82, 2.24) is 9.88 Å². The highest BCUT2D eigenvalue weighted by atomic mass is 16.6. The number of pyridine rings is 1. The summed E-state index contributed by atoms with van der Waals surface area (Å²) >= 11 is 0. The van der Waals surface area contributed by atoms with Crippen LogP contribution < -0.4 is 0 Å². The topological polar surface area (TPSA) is 78.6 Å². The summed E-state index contributed by atoms with van der Waals surface area (Å²) in [5, 5.41) is 9.43. The molecular formula is C36H52N4O2. The van der Waals surface area contributed by atoms with E-state index in [1.165, 1.54) is 5.57 Å². The number of ether oxygens (including phenoxy) is 1. The zero-order valence-electron chi connectivity index (χ0n) is 27.7.